The summed E-state index contributed by atoms with van der Waals surface area (Å²) in [6.07, 6.45) is 2.25. The van der Waals surface area contributed by atoms with E-state index >= 15 is 0 Å². The molecule has 1 N–H and O–H groups in total. The van der Waals surface area contributed by atoms with E-state index in [1.54, 1.807) is 7.11 Å². The van der Waals surface area contributed by atoms with Crippen LogP contribution in [0, 0.1) is 0 Å². The fourth-order valence-electron chi connectivity index (χ4n) is 2.76. The van der Waals surface area contributed by atoms with Crippen LogP contribution in [0.3, 0.4) is 0 Å². The van der Waals surface area contributed by atoms with Crippen molar-refractivity contribution >= 4 is 28.3 Å². The van der Waals surface area contributed by atoms with Crippen LogP contribution >= 0.6 is 28.3 Å². The quantitative estimate of drug-likeness (QED) is 0.538. The van der Waals surface area contributed by atoms with Crippen molar-refractivity contribution in [3.05, 3.63) is 58.1 Å². The minimum absolute atomic E-state index is 0. The molecular weight excluding hydrogens is 402 g/mol. The monoisotopic (exact) mass is 427 g/mol. The maximum atomic E-state index is 5.65. The number of halogens is 2. The first-order valence-corrected chi connectivity index (χ1v) is 9.26. The molecule has 0 spiro atoms. The van der Waals surface area contributed by atoms with Crippen molar-refractivity contribution in [3.8, 4) is 11.5 Å². The molecule has 2 aromatic carbocycles. The van der Waals surface area contributed by atoms with E-state index in [1.165, 1.54) is 11.1 Å². The maximum absolute atomic E-state index is 5.65. The van der Waals surface area contributed by atoms with Gasteiger partial charge in [-0.3, -0.25) is 0 Å². The van der Waals surface area contributed by atoms with Crippen LogP contribution in [0.1, 0.15) is 43.9 Å². The summed E-state index contributed by atoms with van der Waals surface area (Å²) >= 11 is 3.59. The normalized spacial score (nSPS) is 11.5. The Morgan fingerprint density at radius 1 is 1.12 bits per heavy atom. The maximum Gasteiger partial charge on any atom is 0.175 e. The van der Waals surface area contributed by atoms with Crippen LogP contribution in [0.2, 0.25) is 0 Å². The van der Waals surface area contributed by atoms with Gasteiger partial charge in [-0.05, 0) is 52.5 Å². The average Bonchev–Trinajstić information content (AvgIpc) is 2.61. The largest absolute Gasteiger partial charge is 0.493 e. The second-order valence-corrected chi connectivity index (χ2v) is 6.53. The third-order valence-corrected chi connectivity index (χ3v) is 4.50. The lowest BCUT2D eigenvalue weighted by Gasteiger charge is -2.20. The molecule has 1 atom stereocenters. The molecule has 0 fully saturated rings. The number of hydrogen-bond acceptors (Lipinski definition) is 3. The predicted octanol–water partition coefficient (Wildman–Crippen LogP) is 5.91. The first-order chi connectivity index (χ1) is 11.7. The van der Waals surface area contributed by atoms with Crippen molar-refractivity contribution in [1.82, 2.24) is 5.32 Å². The fraction of sp³-hybridized carbons (Fsp3) is 0.400. The number of ether oxygens (including phenoxy) is 2. The molecule has 5 heteroatoms. The van der Waals surface area contributed by atoms with Crippen LogP contribution < -0.4 is 14.8 Å². The van der Waals surface area contributed by atoms with Gasteiger partial charge < -0.3 is 14.8 Å². The van der Waals surface area contributed by atoms with Gasteiger partial charge in [0.2, 0.25) is 0 Å². The highest BCUT2D eigenvalue weighted by molar-refractivity contribution is 9.10. The van der Waals surface area contributed by atoms with Gasteiger partial charge >= 0.3 is 0 Å². The van der Waals surface area contributed by atoms with Gasteiger partial charge in [-0.15, -0.1) is 12.4 Å². The molecule has 0 saturated heterocycles. The third kappa shape index (κ3) is 6.21. The minimum atomic E-state index is 0. The molecule has 2 rings (SSSR count). The molecule has 0 aliphatic carbocycles. The molecule has 3 nitrogen and oxygen atoms in total. The summed E-state index contributed by atoms with van der Waals surface area (Å²) in [4.78, 5) is 0. The van der Waals surface area contributed by atoms with E-state index in [1.807, 2.05) is 13.0 Å². The highest BCUT2D eigenvalue weighted by Gasteiger charge is 2.13. The first-order valence-electron chi connectivity index (χ1n) is 8.47. The van der Waals surface area contributed by atoms with Crippen molar-refractivity contribution in [2.75, 3.05) is 13.7 Å². The van der Waals surface area contributed by atoms with E-state index in [2.05, 4.69) is 64.6 Å². The van der Waals surface area contributed by atoms with Crippen LogP contribution in [0.4, 0.5) is 0 Å². The number of nitrogens with one attached hydrogen (secondary N) is 1. The molecule has 138 valence electrons. The molecule has 0 heterocycles. The van der Waals surface area contributed by atoms with Gasteiger partial charge in [-0.2, -0.15) is 0 Å². The summed E-state index contributed by atoms with van der Waals surface area (Å²) in [6, 6.07) is 15.1. The van der Waals surface area contributed by atoms with Gasteiger partial charge in [0.05, 0.1) is 18.2 Å². The average molecular weight is 429 g/mol. The molecule has 0 aliphatic heterocycles. The first kappa shape index (κ1) is 21.8. The highest BCUT2D eigenvalue weighted by atomic mass is 79.9. The molecule has 0 saturated carbocycles. The minimum Gasteiger partial charge on any atom is -0.493 e. The summed E-state index contributed by atoms with van der Waals surface area (Å²) < 4.78 is 12.1. The van der Waals surface area contributed by atoms with E-state index < -0.39 is 0 Å². The standard InChI is InChI=1S/C20H26BrNO2.ClH/c1-4-9-18(16-10-7-6-8-11-16)22-14-15-12-17(21)20(24-5-2)19(13-15)23-3;/h6-8,10-13,18,22H,4-5,9,14H2,1-3H3;1H. The Bertz CT molecular complexity index is 637. The number of methoxy groups -OCH3 is 1. The van der Waals surface area contributed by atoms with Crippen LogP contribution in [0.15, 0.2) is 46.9 Å². The van der Waals surface area contributed by atoms with E-state index in [-0.39, 0.29) is 12.4 Å². The topological polar surface area (TPSA) is 30.5 Å². The van der Waals surface area contributed by atoms with Gasteiger partial charge in [-0.25, -0.2) is 0 Å². The Kier molecular flexibility index (Phi) is 9.94. The second kappa shape index (κ2) is 11.4. The zero-order valence-electron chi connectivity index (χ0n) is 15.0. The molecule has 2 aromatic rings. The molecule has 0 aliphatic rings. The van der Waals surface area contributed by atoms with E-state index in [9.17, 15) is 0 Å². The van der Waals surface area contributed by atoms with Crippen molar-refractivity contribution in [2.45, 2.75) is 39.3 Å². The molecule has 25 heavy (non-hydrogen) atoms. The Labute approximate surface area is 165 Å². The molecule has 0 aromatic heterocycles. The van der Waals surface area contributed by atoms with Gasteiger partial charge in [0.25, 0.3) is 0 Å². The SMILES string of the molecule is CCCC(NCc1cc(Br)c(OCC)c(OC)c1)c1ccccc1.Cl. The van der Waals surface area contributed by atoms with E-state index in [0.29, 0.717) is 12.6 Å². The predicted molar refractivity (Wildman–Crippen MR) is 110 cm³/mol. The van der Waals surface area contributed by atoms with Crippen molar-refractivity contribution in [3.63, 3.8) is 0 Å². The summed E-state index contributed by atoms with van der Waals surface area (Å²) in [7, 11) is 1.67. The molecule has 0 bridgehead atoms. The smallest absolute Gasteiger partial charge is 0.175 e. The van der Waals surface area contributed by atoms with Crippen LogP contribution in [-0.2, 0) is 6.54 Å². The molecular formula is C20H27BrClNO2. The summed E-state index contributed by atoms with van der Waals surface area (Å²) in [6.45, 7) is 5.57. The van der Waals surface area contributed by atoms with E-state index in [4.69, 9.17) is 9.47 Å². The van der Waals surface area contributed by atoms with Gasteiger partial charge in [0, 0.05) is 12.6 Å². The van der Waals surface area contributed by atoms with Crippen LogP contribution in [-0.4, -0.2) is 13.7 Å². The van der Waals surface area contributed by atoms with Gasteiger partial charge in [0.15, 0.2) is 11.5 Å². The number of benzene rings is 2. The van der Waals surface area contributed by atoms with Crippen molar-refractivity contribution in [2.24, 2.45) is 0 Å². The van der Waals surface area contributed by atoms with Crippen molar-refractivity contribution < 1.29 is 9.47 Å². The number of hydrogen-bond donors (Lipinski definition) is 1. The lowest BCUT2D eigenvalue weighted by atomic mass is 10.0. The van der Waals surface area contributed by atoms with E-state index in [0.717, 1.165) is 35.4 Å². The lowest BCUT2D eigenvalue weighted by Crippen LogP contribution is -2.20. The van der Waals surface area contributed by atoms with Crippen LogP contribution in [0.5, 0.6) is 11.5 Å². The Hall–Kier alpha value is -1.23. The second-order valence-electron chi connectivity index (χ2n) is 5.67. The number of rotatable bonds is 9. The summed E-state index contributed by atoms with van der Waals surface area (Å²) in [5.74, 6) is 1.52. The third-order valence-electron chi connectivity index (χ3n) is 3.91. The Morgan fingerprint density at radius 2 is 1.84 bits per heavy atom. The molecule has 0 radical (unpaired) electrons. The van der Waals surface area contributed by atoms with Crippen molar-refractivity contribution in [1.29, 1.82) is 0 Å². The Balaban J connectivity index is 0.00000312. The van der Waals surface area contributed by atoms with Gasteiger partial charge in [0.1, 0.15) is 0 Å². The zero-order chi connectivity index (χ0) is 17.4. The molecule has 1 unspecified atom stereocenters. The summed E-state index contributed by atoms with van der Waals surface area (Å²) in [5, 5.41) is 3.67. The molecule has 0 amide bonds. The highest BCUT2D eigenvalue weighted by Crippen LogP contribution is 2.36. The fourth-order valence-corrected chi connectivity index (χ4v) is 3.37. The Morgan fingerprint density at radius 3 is 2.44 bits per heavy atom. The summed E-state index contributed by atoms with van der Waals surface area (Å²) in [5.41, 5.74) is 2.50. The van der Waals surface area contributed by atoms with Crippen LogP contribution in [0.25, 0.3) is 0 Å². The lowest BCUT2D eigenvalue weighted by molar-refractivity contribution is 0.308. The zero-order valence-corrected chi connectivity index (χ0v) is 17.5. The van der Waals surface area contributed by atoms with Gasteiger partial charge in [-0.1, -0.05) is 43.7 Å².